The number of thiazole rings is 2. The van der Waals surface area contributed by atoms with Crippen LogP contribution in [0.15, 0.2) is 66.0 Å². The molecule has 0 unspecified atom stereocenters. The maximum absolute atomic E-state index is 12.9. The van der Waals surface area contributed by atoms with Crippen molar-refractivity contribution in [2.24, 2.45) is 0 Å². The molecule has 0 aliphatic heterocycles. The van der Waals surface area contributed by atoms with E-state index in [1.165, 1.54) is 35.8 Å². The second-order valence-electron chi connectivity index (χ2n) is 8.92. The summed E-state index contributed by atoms with van der Waals surface area (Å²) >= 11 is 2.80. The lowest BCUT2D eigenvalue weighted by molar-refractivity contribution is 0.0600. The van der Waals surface area contributed by atoms with E-state index in [9.17, 15) is 9.59 Å². The Bertz CT molecular complexity index is 1780. The Balaban J connectivity index is 1.33. The number of carbonyl (C=O) groups excluding carboxylic acids is 2. The number of hydrogen-bond acceptors (Lipinski definition) is 12. The van der Waals surface area contributed by atoms with Crippen LogP contribution in [0, 0.1) is 0 Å². The van der Waals surface area contributed by atoms with Gasteiger partial charge in [0.15, 0.2) is 16.6 Å². The minimum absolute atomic E-state index is 0.294. The first-order valence-corrected chi connectivity index (χ1v) is 14.4. The molecule has 2 aromatic heterocycles. The van der Waals surface area contributed by atoms with E-state index in [1.54, 1.807) is 57.7 Å². The predicted octanol–water partition coefficient (Wildman–Crippen LogP) is 6.32. The van der Waals surface area contributed by atoms with Crippen molar-refractivity contribution in [3.05, 3.63) is 77.2 Å². The number of amides is 1. The molecule has 0 aliphatic carbocycles. The van der Waals surface area contributed by atoms with Crippen LogP contribution < -0.4 is 30.6 Å². The number of nitrogens with one attached hydrogen (secondary N) is 2. The fraction of sp³-hybridized carbons (Fsp3) is 0.133. The van der Waals surface area contributed by atoms with Crippen LogP contribution in [-0.2, 0) is 4.74 Å². The number of rotatable bonds is 10. The summed E-state index contributed by atoms with van der Waals surface area (Å²) in [6.07, 6.45) is 0. The van der Waals surface area contributed by atoms with Crippen molar-refractivity contribution >= 4 is 56.9 Å². The van der Waals surface area contributed by atoms with Gasteiger partial charge in [-0.3, -0.25) is 4.79 Å². The van der Waals surface area contributed by atoms with Gasteiger partial charge in [-0.25, -0.2) is 14.8 Å². The van der Waals surface area contributed by atoms with Gasteiger partial charge in [0.05, 0.1) is 39.7 Å². The summed E-state index contributed by atoms with van der Waals surface area (Å²) in [6, 6.07) is 17.2. The van der Waals surface area contributed by atoms with Gasteiger partial charge in [0.25, 0.3) is 5.91 Å². The summed E-state index contributed by atoms with van der Waals surface area (Å²) in [7, 11) is 5.94. The Morgan fingerprint density at radius 2 is 1.56 bits per heavy atom. The topological polar surface area (TPSA) is 147 Å². The highest BCUT2D eigenvalue weighted by molar-refractivity contribution is 7.23. The van der Waals surface area contributed by atoms with E-state index in [1.807, 2.05) is 23.6 Å². The molecule has 3 aromatic carbocycles. The Hall–Kier alpha value is -5.14. The van der Waals surface area contributed by atoms with Gasteiger partial charge in [0.1, 0.15) is 15.7 Å². The highest BCUT2D eigenvalue weighted by atomic mass is 32.1. The van der Waals surface area contributed by atoms with Crippen LogP contribution in [0.3, 0.4) is 0 Å². The lowest BCUT2D eigenvalue weighted by Crippen LogP contribution is -2.13. The Morgan fingerprint density at radius 3 is 2.26 bits per heavy atom. The smallest absolute Gasteiger partial charge is 0.337 e. The largest absolute Gasteiger partial charge is 0.493 e. The third-order valence-electron chi connectivity index (χ3n) is 6.23. The molecule has 1 amide bonds. The monoisotopic (exact) mass is 617 g/mol. The summed E-state index contributed by atoms with van der Waals surface area (Å²) in [5, 5.41) is 9.31. The number of ether oxygens (including phenoxy) is 4. The van der Waals surface area contributed by atoms with Crippen molar-refractivity contribution in [3.63, 3.8) is 0 Å². The van der Waals surface area contributed by atoms with Crippen LogP contribution in [0.2, 0.25) is 0 Å². The summed E-state index contributed by atoms with van der Waals surface area (Å²) in [5.41, 5.74) is 9.70. The molecule has 0 bridgehead atoms. The Kier molecular flexibility index (Phi) is 8.74. The first-order chi connectivity index (χ1) is 20.8. The maximum Gasteiger partial charge on any atom is 0.337 e. The number of aromatic nitrogens is 2. The molecule has 0 fully saturated rings. The van der Waals surface area contributed by atoms with Gasteiger partial charge in [-0.05, 0) is 30.3 Å². The van der Waals surface area contributed by atoms with E-state index in [0.29, 0.717) is 55.7 Å². The lowest BCUT2D eigenvalue weighted by Gasteiger charge is -2.14. The number of anilines is 4. The van der Waals surface area contributed by atoms with E-state index >= 15 is 0 Å². The third-order valence-corrected chi connectivity index (χ3v) is 8.21. The average molecular weight is 618 g/mol. The SMILES string of the molecule is COC(=O)c1cccc(C(=O)Nc2cccc(-c3csc(-c4sc(Nc5cc(OC)c(OC)c(OC)c5)nc4N)n3)c2)c1. The van der Waals surface area contributed by atoms with E-state index in [0.717, 1.165) is 16.1 Å². The zero-order valence-electron chi connectivity index (χ0n) is 23.6. The van der Waals surface area contributed by atoms with Crippen molar-refractivity contribution in [3.8, 4) is 38.4 Å². The molecule has 0 spiro atoms. The predicted molar refractivity (Wildman–Crippen MR) is 168 cm³/mol. The number of nitrogens with zero attached hydrogens (tertiary/aromatic N) is 2. The zero-order valence-corrected chi connectivity index (χ0v) is 25.2. The van der Waals surface area contributed by atoms with Gasteiger partial charge in [-0.2, -0.15) is 0 Å². The number of benzene rings is 3. The number of nitrogens with two attached hydrogens (primary N) is 1. The zero-order chi connectivity index (χ0) is 30.5. The summed E-state index contributed by atoms with van der Waals surface area (Å²) in [5.74, 6) is 0.976. The van der Waals surface area contributed by atoms with Gasteiger partial charge in [0, 0.05) is 40.0 Å². The second-order valence-corrected chi connectivity index (χ2v) is 10.8. The highest BCUT2D eigenvalue weighted by Crippen LogP contribution is 2.43. The molecule has 0 saturated heterocycles. The van der Waals surface area contributed by atoms with Gasteiger partial charge in [-0.15, -0.1) is 11.3 Å². The fourth-order valence-corrected chi connectivity index (χ4v) is 6.02. The van der Waals surface area contributed by atoms with E-state index in [-0.39, 0.29) is 5.91 Å². The normalized spacial score (nSPS) is 10.6. The summed E-state index contributed by atoms with van der Waals surface area (Å²) < 4.78 is 21.0. The number of hydrogen-bond donors (Lipinski definition) is 3. The molecule has 0 atom stereocenters. The number of methoxy groups -OCH3 is 4. The van der Waals surface area contributed by atoms with Gasteiger partial charge in [0.2, 0.25) is 5.75 Å². The van der Waals surface area contributed by atoms with Crippen molar-refractivity contribution in [1.82, 2.24) is 9.97 Å². The summed E-state index contributed by atoms with van der Waals surface area (Å²) in [6.45, 7) is 0. The van der Waals surface area contributed by atoms with Crippen LogP contribution in [0.5, 0.6) is 17.2 Å². The van der Waals surface area contributed by atoms with E-state index in [2.05, 4.69) is 15.6 Å². The van der Waals surface area contributed by atoms with Crippen LogP contribution in [0.1, 0.15) is 20.7 Å². The minimum atomic E-state index is -0.512. The van der Waals surface area contributed by atoms with Crippen LogP contribution in [0.4, 0.5) is 22.3 Å². The maximum atomic E-state index is 12.9. The second kappa shape index (κ2) is 12.8. The standard InChI is InChI=1S/C30H27N5O6S2/c1-38-22-13-20(14-23(39-2)24(22)40-3)33-30-35-26(31)25(43-30)28-34-21(15-42-28)16-7-6-10-19(12-16)32-27(36)17-8-5-9-18(11-17)29(37)41-4/h5-15H,31H2,1-4H3,(H,32,36)(H,33,35). The van der Waals surface area contributed by atoms with E-state index < -0.39 is 5.97 Å². The van der Waals surface area contributed by atoms with Crippen molar-refractivity contribution in [2.45, 2.75) is 0 Å². The molecule has 5 aromatic rings. The molecule has 220 valence electrons. The first-order valence-electron chi connectivity index (χ1n) is 12.7. The minimum Gasteiger partial charge on any atom is -0.493 e. The van der Waals surface area contributed by atoms with Crippen LogP contribution in [0.25, 0.3) is 21.1 Å². The fourth-order valence-electron chi connectivity index (χ4n) is 4.19. The molecule has 5 rings (SSSR count). The molecule has 0 radical (unpaired) electrons. The molecule has 43 heavy (non-hydrogen) atoms. The van der Waals surface area contributed by atoms with Crippen LogP contribution in [-0.4, -0.2) is 50.3 Å². The number of nitrogen functional groups attached to an aromatic ring is 1. The first kappa shape index (κ1) is 29.4. The molecule has 0 saturated carbocycles. The summed E-state index contributed by atoms with van der Waals surface area (Å²) in [4.78, 5) is 34.7. The molecule has 4 N–H and O–H groups in total. The Labute approximate surface area is 255 Å². The molecule has 2 heterocycles. The molecule has 13 heteroatoms. The van der Waals surface area contributed by atoms with Crippen molar-refractivity contribution < 1.29 is 28.5 Å². The Morgan fingerprint density at radius 1 is 0.837 bits per heavy atom. The third kappa shape index (κ3) is 6.37. The molecule has 11 nitrogen and oxygen atoms in total. The molecular weight excluding hydrogens is 590 g/mol. The van der Waals surface area contributed by atoms with Gasteiger partial charge in [-0.1, -0.05) is 29.5 Å². The van der Waals surface area contributed by atoms with Gasteiger partial charge >= 0.3 is 5.97 Å². The van der Waals surface area contributed by atoms with E-state index in [4.69, 9.17) is 29.7 Å². The lowest BCUT2D eigenvalue weighted by atomic mass is 10.1. The number of carbonyl (C=O) groups is 2. The van der Waals surface area contributed by atoms with Crippen LogP contribution >= 0.6 is 22.7 Å². The number of esters is 1. The average Bonchev–Trinajstić information content (AvgIpc) is 3.66. The molecule has 0 aliphatic rings. The highest BCUT2D eigenvalue weighted by Gasteiger charge is 2.18. The molecular formula is C30H27N5O6S2. The van der Waals surface area contributed by atoms with Crippen molar-refractivity contribution in [1.29, 1.82) is 0 Å². The van der Waals surface area contributed by atoms with Crippen molar-refractivity contribution in [2.75, 3.05) is 44.8 Å². The van der Waals surface area contributed by atoms with Gasteiger partial charge < -0.3 is 35.3 Å². The quantitative estimate of drug-likeness (QED) is 0.152.